The first-order valence-electron chi connectivity index (χ1n) is 9.48. The van der Waals surface area contributed by atoms with Gasteiger partial charge in [0.1, 0.15) is 0 Å². The molecule has 6 heteroatoms. The number of ether oxygens (including phenoxy) is 2. The maximum Gasteiger partial charge on any atom is 0.260 e. The van der Waals surface area contributed by atoms with Crippen LogP contribution < -0.4 is 14.8 Å². The number of anilines is 1. The van der Waals surface area contributed by atoms with Crippen molar-refractivity contribution in [2.75, 3.05) is 25.6 Å². The van der Waals surface area contributed by atoms with Crippen LogP contribution in [0.2, 0.25) is 0 Å². The number of carbonyl (C=O) groups is 2. The third-order valence-electron chi connectivity index (χ3n) is 4.61. The number of para-hydroxylation sites is 2. The molecule has 0 saturated heterocycles. The Balaban J connectivity index is 1.51. The van der Waals surface area contributed by atoms with Crippen molar-refractivity contribution in [1.82, 2.24) is 4.90 Å². The molecule has 0 aromatic heterocycles. The summed E-state index contributed by atoms with van der Waals surface area (Å²) in [5, 5.41) is 2.88. The lowest BCUT2D eigenvalue weighted by Crippen LogP contribution is -2.38. The van der Waals surface area contributed by atoms with Crippen LogP contribution in [-0.4, -0.2) is 43.0 Å². The Bertz CT molecular complexity index is 833. The molecule has 1 aliphatic rings. The van der Waals surface area contributed by atoms with Gasteiger partial charge in [0.05, 0.1) is 7.11 Å². The van der Waals surface area contributed by atoms with Gasteiger partial charge >= 0.3 is 0 Å². The minimum absolute atomic E-state index is 0.0730. The zero-order chi connectivity index (χ0) is 19.9. The Hall–Kier alpha value is -3.02. The number of nitrogens with one attached hydrogen (secondary N) is 1. The molecule has 6 nitrogen and oxygen atoms in total. The quantitative estimate of drug-likeness (QED) is 0.722. The SMILES string of the molecule is COc1ccccc1OCC(=O)N(CCC(=O)Nc1cccc(C)c1)C1CC1. The van der Waals surface area contributed by atoms with Crippen LogP contribution in [0.1, 0.15) is 24.8 Å². The van der Waals surface area contributed by atoms with Gasteiger partial charge in [-0.05, 0) is 49.6 Å². The highest BCUT2D eigenvalue weighted by molar-refractivity contribution is 5.91. The minimum atomic E-state index is -0.114. The highest BCUT2D eigenvalue weighted by Gasteiger charge is 2.32. The number of benzene rings is 2. The fourth-order valence-corrected chi connectivity index (χ4v) is 3.03. The van der Waals surface area contributed by atoms with Gasteiger partial charge in [-0.15, -0.1) is 0 Å². The van der Waals surface area contributed by atoms with Crippen molar-refractivity contribution in [3.63, 3.8) is 0 Å². The van der Waals surface area contributed by atoms with Crippen LogP contribution in [0.5, 0.6) is 11.5 Å². The third kappa shape index (κ3) is 5.49. The van der Waals surface area contributed by atoms with Gasteiger partial charge in [0.2, 0.25) is 5.91 Å². The molecule has 2 aromatic rings. The largest absolute Gasteiger partial charge is 0.493 e. The number of methoxy groups -OCH3 is 1. The summed E-state index contributed by atoms with van der Waals surface area (Å²) in [4.78, 5) is 26.7. The van der Waals surface area contributed by atoms with Crippen LogP contribution in [0.25, 0.3) is 0 Å². The Morgan fingerprint density at radius 3 is 2.54 bits per heavy atom. The fraction of sp³-hybridized carbons (Fsp3) is 0.364. The maximum atomic E-state index is 12.6. The van der Waals surface area contributed by atoms with Crippen molar-refractivity contribution < 1.29 is 19.1 Å². The smallest absolute Gasteiger partial charge is 0.260 e. The van der Waals surface area contributed by atoms with Gasteiger partial charge in [-0.25, -0.2) is 0 Å². The second-order valence-electron chi connectivity index (χ2n) is 6.93. The molecule has 2 aromatic carbocycles. The van der Waals surface area contributed by atoms with E-state index in [1.165, 1.54) is 0 Å². The monoisotopic (exact) mass is 382 g/mol. The second-order valence-corrected chi connectivity index (χ2v) is 6.93. The molecule has 2 amide bonds. The number of aryl methyl sites for hydroxylation is 1. The summed E-state index contributed by atoms with van der Waals surface area (Å²) in [7, 11) is 1.56. The molecular formula is C22H26N2O4. The summed E-state index contributed by atoms with van der Waals surface area (Å²) in [5.74, 6) is 0.906. The molecule has 0 unspecified atom stereocenters. The number of hydrogen-bond donors (Lipinski definition) is 1. The summed E-state index contributed by atoms with van der Waals surface area (Å²) >= 11 is 0. The fourth-order valence-electron chi connectivity index (χ4n) is 3.03. The third-order valence-corrected chi connectivity index (χ3v) is 4.61. The first-order chi connectivity index (χ1) is 13.6. The summed E-state index contributed by atoms with van der Waals surface area (Å²) in [6.45, 7) is 2.29. The van der Waals surface area contributed by atoms with Gasteiger partial charge in [-0.2, -0.15) is 0 Å². The molecule has 148 valence electrons. The molecule has 0 heterocycles. The lowest BCUT2D eigenvalue weighted by atomic mass is 10.2. The average molecular weight is 382 g/mol. The molecule has 1 aliphatic carbocycles. The van der Waals surface area contributed by atoms with Crippen molar-refractivity contribution in [1.29, 1.82) is 0 Å². The summed E-state index contributed by atoms with van der Waals surface area (Å²) in [6, 6.07) is 15.1. The Labute approximate surface area is 165 Å². The molecule has 0 atom stereocenters. The lowest BCUT2D eigenvalue weighted by Gasteiger charge is -2.22. The topological polar surface area (TPSA) is 67.9 Å². The van der Waals surface area contributed by atoms with Gasteiger partial charge in [0.25, 0.3) is 5.91 Å². The minimum Gasteiger partial charge on any atom is -0.493 e. The maximum absolute atomic E-state index is 12.6. The Morgan fingerprint density at radius 2 is 1.86 bits per heavy atom. The molecule has 3 rings (SSSR count). The summed E-state index contributed by atoms with van der Waals surface area (Å²) < 4.78 is 10.9. The van der Waals surface area contributed by atoms with E-state index in [1.807, 2.05) is 43.3 Å². The van der Waals surface area contributed by atoms with Crippen LogP contribution in [-0.2, 0) is 9.59 Å². The average Bonchev–Trinajstić information content (AvgIpc) is 3.52. The highest BCUT2D eigenvalue weighted by Crippen LogP contribution is 2.28. The Kier molecular flexibility index (Phi) is 6.53. The first-order valence-corrected chi connectivity index (χ1v) is 9.48. The number of carbonyl (C=O) groups excluding carboxylic acids is 2. The highest BCUT2D eigenvalue weighted by atomic mass is 16.5. The van der Waals surface area contributed by atoms with Crippen molar-refractivity contribution in [2.24, 2.45) is 0 Å². The van der Waals surface area contributed by atoms with E-state index in [0.29, 0.717) is 18.0 Å². The van der Waals surface area contributed by atoms with Crippen molar-refractivity contribution >= 4 is 17.5 Å². The van der Waals surface area contributed by atoms with Crippen molar-refractivity contribution in [2.45, 2.75) is 32.2 Å². The molecule has 1 N–H and O–H groups in total. The standard InChI is InChI=1S/C22H26N2O4/c1-16-6-5-7-17(14-16)23-21(25)12-13-24(18-10-11-18)22(26)15-28-20-9-4-3-8-19(20)27-2/h3-9,14,18H,10-13,15H2,1-2H3,(H,23,25). The van der Waals surface area contributed by atoms with Crippen LogP contribution in [0.3, 0.4) is 0 Å². The van der Waals surface area contributed by atoms with Crippen molar-refractivity contribution in [3.8, 4) is 11.5 Å². The van der Waals surface area contributed by atoms with Gasteiger partial charge in [0.15, 0.2) is 18.1 Å². The number of hydrogen-bond acceptors (Lipinski definition) is 4. The van der Waals surface area contributed by atoms with E-state index >= 15 is 0 Å². The molecular weight excluding hydrogens is 356 g/mol. The molecule has 0 aliphatic heterocycles. The number of amides is 2. The Morgan fingerprint density at radius 1 is 1.11 bits per heavy atom. The zero-order valence-corrected chi connectivity index (χ0v) is 16.3. The van der Waals surface area contributed by atoms with Gasteiger partial charge in [-0.3, -0.25) is 9.59 Å². The van der Waals surface area contributed by atoms with Gasteiger partial charge < -0.3 is 19.7 Å². The van der Waals surface area contributed by atoms with E-state index in [4.69, 9.17) is 9.47 Å². The van der Waals surface area contributed by atoms with Crippen LogP contribution >= 0.6 is 0 Å². The van der Waals surface area contributed by atoms with Crippen LogP contribution in [0.4, 0.5) is 5.69 Å². The van der Waals surface area contributed by atoms with E-state index < -0.39 is 0 Å². The van der Waals surface area contributed by atoms with E-state index in [1.54, 1.807) is 24.1 Å². The van der Waals surface area contributed by atoms with Crippen LogP contribution in [0.15, 0.2) is 48.5 Å². The summed E-state index contributed by atoms with van der Waals surface area (Å²) in [6.07, 6.45) is 2.20. The van der Waals surface area contributed by atoms with E-state index in [0.717, 1.165) is 24.1 Å². The van der Waals surface area contributed by atoms with E-state index in [2.05, 4.69) is 5.32 Å². The predicted octanol–water partition coefficient (Wildman–Crippen LogP) is 3.40. The van der Waals surface area contributed by atoms with Gasteiger partial charge in [-0.1, -0.05) is 24.3 Å². The molecule has 0 radical (unpaired) electrons. The van der Waals surface area contributed by atoms with E-state index in [9.17, 15) is 9.59 Å². The molecule has 0 spiro atoms. The summed E-state index contributed by atoms with van der Waals surface area (Å²) in [5.41, 5.74) is 1.86. The lowest BCUT2D eigenvalue weighted by molar-refractivity contribution is -0.134. The zero-order valence-electron chi connectivity index (χ0n) is 16.3. The predicted molar refractivity (Wildman–Crippen MR) is 108 cm³/mol. The van der Waals surface area contributed by atoms with Crippen molar-refractivity contribution in [3.05, 3.63) is 54.1 Å². The molecule has 28 heavy (non-hydrogen) atoms. The normalized spacial score (nSPS) is 12.9. The molecule has 1 saturated carbocycles. The second kappa shape index (κ2) is 9.26. The van der Waals surface area contributed by atoms with Gasteiger partial charge in [0, 0.05) is 24.7 Å². The van der Waals surface area contributed by atoms with E-state index in [-0.39, 0.29) is 30.9 Å². The number of rotatable bonds is 9. The first kappa shape index (κ1) is 19.7. The number of nitrogens with zero attached hydrogens (tertiary/aromatic N) is 1. The molecule has 0 bridgehead atoms. The molecule has 1 fully saturated rings. The van der Waals surface area contributed by atoms with Crippen LogP contribution in [0, 0.1) is 6.92 Å².